The average Bonchev–Trinajstić information content (AvgIpc) is 3.57. The Morgan fingerprint density at radius 3 is 2.32 bits per heavy atom. The molecule has 2 unspecified atom stereocenters. The molecular formula is C30H27N3O5. The number of nitrogens with zero attached hydrogens (tertiary/aromatic N) is 1. The molecule has 3 amide bonds. The molecule has 1 saturated heterocycles. The smallest absolute Gasteiger partial charge is 0.411 e. The third-order valence-corrected chi connectivity index (χ3v) is 6.38. The molecule has 2 atom stereocenters. The molecule has 38 heavy (non-hydrogen) atoms. The molecule has 8 nitrogen and oxygen atoms in total. The van der Waals surface area contributed by atoms with Crippen LogP contribution in [0.4, 0.5) is 10.5 Å². The molecule has 5 rings (SSSR count). The average molecular weight is 510 g/mol. The van der Waals surface area contributed by atoms with E-state index in [0.717, 1.165) is 11.1 Å². The van der Waals surface area contributed by atoms with E-state index in [2.05, 4.69) is 10.6 Å². The number of rotatable bonds is 8. The van der Waals surface area contributed by atoms with Crippen molar-refractivity contribution in [3.05, 3.63) is 125 Å². The fourth-order valence-electron chi connectivity index (χ4n) is 4.35. The van der Waals surface area contributed by atoms with Gasteiger partial charge < -0.3 is 19.8 Å². The van der Waals surface area contributed by atoms with Crippen LogP contribution in [-0.2, 0) is 22.6 Å². The van der Waals surface area contributed by atoms with E-state index in [9.17, 15) is 14.4 Å². The zero-order chi connectivity index (χ0) is 26.5. The summed E-state index contributed by atoms with van der Waals surface area (Å²) in [6.07, 6.45) is 0.131. The highest BCUT2D eigenvalue weighted by Crippen LogP contribution is 2.34. The maximum atomic E-state index is 13.4. The Morgan fingerprint density at radius 1 is 0.895 bits per heavy atom. The van der Waals surface area contributed by atoms with Crippen molar-refractivity contribution in [1.29, 1.82) is 0 Å². The molecule has 1 fully saturated rings. The molecular weight excluding hydrogens is 482 g/mol. The Balaban J connectivity index is 1.35. The molecule has 1 aliphatic heterocycles. The highest BCUT2D eigenvalue weighted by molar-refractivity contribution is 6.04. The minimum absolute atomic E-state index is 0.187. The normalized spacial score (nSPS) is 16.7. The standard InChI is InChI=1S/C30H27N3O5/c1-20-9-11-23(12-10-20)28(34)32-24-15-13-22(14-16-24)27-26(29(35)31-18-25-8-5-17-37-25)33(30(36)38-27)19-21-6-3-2-4-7-21/h2-17,26-27H,18-19H2,1H3,(H,31,35)(H,32,34). The third kappa shape index (κ3) is 5.59. The first kappa shape index (κ1) is 24.8. The van der Waals surface area contributed by atoms with E-state index in [0.29, 0.717) is 22.6 Å². The first-order chi connectivity index (χ1) is 18.5. The van der Waals surface area contributed by atoms with Gasteiger partial charge in [0.25, 0.3) is 5.91 Å². The molecule has 4 aromatic rings. The van der Waals surface area contributed by atoms with Crippen molar-refractivity contribution in [3.63, 3.8) is 0 Å². The largest absolute Gasteiger partial charge is 0.467 e. The van der Waals surface area contributed by atoms with Gasteiger partial charge in [0.15, 0.2) is 12.1 Å². The van der Waals surface area contributed by atoms with E-state index in [-0.39, 0.29) is 24.9 Å². The SMILES string of the molecule is Cc1ccc(C(=O)Nc2ccc(C3OC(=O)N(Cc4ccccc4)C3C(=O)NCc3ccco3)cc2)cc1. The number of amides is 3. The molecule has 2 heterocycles. The number of nitrogens with one attached hydrogen (secondary N) is 2. The molecule has 0 spiro atoms. The fourth-order valence-corrected chi connectivity index (χ4v) is 4.35. The van der Waals surface area contributed by atoms with Gasteiger partial charge in [0.2, 0.25) is 5.91 Å². The lowest BCUT2D eigenvalue weighted by atomic mass is 10.00. The second kappa shape index (κ2) is 11.0. The summed E-state index contributed by atoms with van der Waals surface area (Å²) >= 11 is 0. The Labute approximate surface area is 220 Å². The number of ether oxygens (including phenoxy) is 1. The summed E-state index contributed by atoms with van der Waals surface area (Å²) in [6, 6.07) is 26.3. The van der Waals surface area contributed by atoms with Crippen LogP contribution in [0.15, 0.2) is 102 Å². The molecule has 2 N–H and O–H groups in total. The van der Waals surface area contributed by atoms with Gasteiger partial charge in [-0.25, -0.2) is 4.79 Å². The lowest BCUT2D eigenvalue weighted by Gasteiger charge is -2.24. The first-order valence-electron chi connectivity index (χ1n) is 12.3. The Kier molecular flexibility index (Phi) is 7.21. The minimum atomic E-state index is -0.898. The van der Waals surface area contributed by atoms with Crippen LogP contribution in [0.1, 0.15) is 38.9 Å². The van der Waals surface area contributed by atoms with Crippen molar-refractivity contribution in [3.8, 4) is 0 Å². The summed E-state index contributed by atoms with van der Waals surface area (Å²) in [4.78, 5) is 40.4. The number of cyclic esters (lactones) is 1. The molecule has 1 aliphatic rings. The van der Waals surface area contributed by atoms with Crippen LogP contribution < -0.4 is 10.6 Å². The maximum absolute atomic E-state index is 13.4. The van der Waals surface area contributed by atoms with Gasteiger partial charge in [-0.05, 0) is 54.4 Å². The van der Waals surface area contributed by atoms with Crippen molar-refractivity contribution >= 4 is 23.6 Å². The molecule has 0 bridgehead atoms. The quantitative estimate of drug-likeness (QED) is 0.339. The number of furan rings is 1. The van der Waals surface area contributed by atoms with Crippen LogP contribution in [0, 0.1) is 6.92 Å². The zero-order valence-electron chi connectivity index (χ0n) is 20.8. The van der Waals surface area contributed by atoms with Crippen LogP contribution >= 0.6 is 0 Å². The first-order valence-corrected chi connectivity index (χ1v) is 12.3. The number of benzene rings is 3. The number of anilines is 1. The highest BCUT2D eigenvalue weighted by Gasteiger charge is 2.47. The van der Waals surface area contributed by atoms with E-state index < -0.39 is 18.2 Å². The van der Waals surface area contributed by atoms with Crippen molar-refractivity contribution in [2.24, 2.45) is 0 Å². The number of aryl methyl sites for hydroxylation is 1. The van der Waals surface area contributed by atoms with E-state index in [1.54, 1.807) is 48.5 Å². The minimum Gasteiger partial charge on any atom is -0.467 e. The van der Waals surface area contributed by atoms with Gasteiger partial charge in [0.1, 0.15) is 5.76 Å². The monoisotopic (exact) mass is 509 g/mol. The molecule has 3 aromatic carbocycles. The topological polar surface area (TPSA) is 101 Å². The van der Waals surface area contributed by atoms with E-state index >= 15 is 0 Å². The lowest BCUT2D eigenvalue weighted by Crippen LogP contribution is -2.46. The summed E-state index contributed by atoms with van der Waals surface area (Å²) in [5, 5.41) is 5.73. The second-order valence-corrected chi connectivity index (χ2v) is 9.10. The van der Waals surface area contributed by atoms with Crippen LogP contribution in [0.25, 0.3) is 0 Å². The zero-order valence-corrected chi connectivity index (χ0v) is 20.8. The summed E-state index contributed by atoms with van der Waals surface area (Å²) in [6.45, 7) is 2.37. The van der Waals surface area contributed by atoms with Gasteiger partial charge in [0, 0.05) is 11.3 Å². The third-order valence-electron chi connectivity index (χ3n) is 6.38. The Morgan fingerprint density at radius 2 is 1.63 bits per heavy atom. The van der Waals surface area contributed by atoms with E-state index in [4.69, 9.17) is 9.15 Å². The van der Waals surface area contributed by atoms with Crippen molar-refractivity contribution in [1.82, 2.24) is 10.2 Å². The van der Waals surface area contributed by atoms with Gasteiger partial charge in [-0.1, -0.05) is 60.2 Å². The lowest BCUT2D eigenvalue weighted by molar-refractivity contribution is -0.126. The molecule has 0 radical (unpaired) electrons. The fraction of sp³-hybridized carbons (Fsp3) is 0.167. The summed E-state index contributed by atoms with van der Waals surface area (Å²) in [7, 11) is 0. The number of carbonyl (C=O) groups is 3. The Hall–Kier alpha value is -4.85. The number of hydrogen-bond acceptors (Lipinski definition) is 5. The highest BCUT2D eigenvalue weighted by atomic mass is 16.6. The van der Waals surface area contributed by atoms with Gasteiger partial charge in [-0.15, -0.1) is 0 Å². The van der Waals surface area contributed by atoms with Crippen molar-refractivity contribution < 1.29 is 23.5 Å². The van der Waals surface area contributed by atoms with Gasteiger partial charge >= 0.3 is 6.09 Å². The van der Waals surface area contributed by atoms with Crippen molar-refractivity contribution in [2.75, 3.05) is 5.32 Å². The predicted molar refractivity (Wildman–Crippen MR) is 141 cm³/mol. The molecule has 0 saturated carbocycles. The van der Waals surface area contributed by atoms with Gasteiger partial charge in [-0.3, -0.25) is 14.5 Å². The molecule has 1 aromatic heterocycles. The van der Waals surface area contributed by atoms with Crippen LogP contribution in [0.5, 0.6) is 0 Å². The van der Waals surface area contributed by atoms with Crippen LogP contribution in [0.2, 0.25) is 0 Å². The second-order valence-electron chi connectivity index (χ2n) is 9.10. The predicted octanol–water partition coefficient (Wildman–Crippen LogP) is 5.22. The Bertz CT molecular complexity index is 1400. The number of hydrogen-bond donors (Lipinski definition) is 2. The molecule has 192 valence electrons. The van der Waals surface area contributed by atoms with Gasteiger partial charge in [0.05, 0.1) is 19.4 Å². The summed E-state index contributed by atoms with van der Waals surface area (Å²) in [5.41, 5.74) is 3.72. The van der Waals surface area contributed by atoms with Gasteiger partial charge in [-0.2, -0.15) is 0 Å². The molecule has 0 aliphatic carbocycles. The summed E-state index contributed by atoms with van der Waals surface area (Å²) in [5.74, 6) is 0.0163. The van der Waals surface area contributed by atoms with E-state index in [1.165, 1.54) is 11.2 Å². The summed E-state index contributed by atoms with van der Waals surface area (Å²) < 4.78 is 11.0. The van der Waals surface area contributed by atoms with Crippen LogP contribution in [-0.4, -0.2) is 28.8 Å². The molecule has 8 heteroatoms. The maximum Gasteiger partial charge on any atom is 0.411 e. The van der Waals surface area contributed by atoms with E-state index in [1.807, 2.05) is 49.4 Å². The number of carbonyl (C=O) groups excluding carboxylic acids is 3. The van der Waals surface area contributed by atoms with Crippen molar-refractivity contribution in [2.45, 2.75) is 32.2 Å². The van der Waals surface area contributed by atoms with Crippen LogP contribution in [0.3, 0.4) is 0 Å².